The third-order valence-corrected chi connectivity index (χ3v) is 7.16. The summed E-state index contributed by atoms with van der Waals surface area (Å²) in [6.45, 7) is 3.03. The molecule has 8 heteroatoms. The molecule has 0 saturated heterocycles. The zero-order chi connectivity index (χ0) is 28.8. The van der Waals surface area contributed by atoms with Crippen LogP contribution in [0.3, 0.4) is 0 Å². The number of carbonyl (C=O) groups is 1. The standard InChI is InChI=1S/C33H48N6O2/c1-2-3-4-5-6-7-8-9-10-11-12-13-14-15-16-17-26-41-32-24-22-31(23-25-32)37-36-30-20-18-29(19-21-30)33(40)38-39-27-34-35-28-39/h18-25,27-28H,2-17,26H2,1H3,(H,38,40). The summed E-state index contributed by atoms with van der Waals surface area (Å²) >= 11 is 0. The number of benzene rings is 2. The zero-order valence-electron chi connectivity index (χ0n) is 24.8. The van der Waals surface area contributed by atoms with Crippen molar-refractivity contribution in [2.75, 3.05) is 12.0 Å². The van der Waals surface area contributed by atoms with Gasteiger partial charge in [-0.25, -0.2) is 4.68 Å². The molecule has 1 heterocycles. The molecule has 8 nitrogen and oxygen atoms in total. The van der Waals surface area contributed by atoms with Gasteiger partial charge in [-0.05, 0) is 55.0 Å². The summed E-state index contributed by atoms with van der Waals surface area (Å²) in [7, 11) is 0. The Morgan fingerprint density at radius 3 is 1.59 bits per heavy atom. The Hall–Kier alpha value is -3.55. The Bertz CT molecular complexity index is 1100. The first-order valence-electron chi connectivity index (χ1n) is 15.7. The van der Waals surface area contributed by atoms with E-state index in [1.54, 1.807) is 24.3 Å². The van der Waals surface area contributed by atoms with Crippen LogP contribution in [0.1, 0.15) is 120 Å². The van der Waals surface area contributed by atoms with Crippen LogP contribution in [0.4, 0.5) is 11.4 Å². The molecule has 0 unspecified atom stereocenters. The van der Waals surface area contributed by atoms with Crippen LogP contribution in [0, 0.1) is 0 Å². The van der Waals surface area contributed by atoms with Gasteiger partial charge in [0.15, 0.2) is 0 Å². The summed E-state index contributed by atoms with van der Waals surface area (Å²) in [4.78, 5) is 12.2. The maximum absolute atomic E-state index is 12.2. The fourth-order valence-electron chi connectivity index (χ4n) is 4.68. The lowest BCUT2D eigenvalue weighted by Crippen LogP contribution is -2.21. The number of ether oxygens (including phenoxy) is 1. The van der Waals surface area contributed by atoms with Gasteiger partial charge in [0, 0.05) is 5.56 Å². The summed E-state index contributed by atoms with van der Waals surface area (Å²) in [5, 5.41) is 15.9. The molecule has 0 fully saturated rings. The van der Waals surface area contributed by atoms with E-state index in [1.165, 1.54) is 114 Å². The minimum absolute atomic E-state index is 0.261. The van der Waals surface area contributed by atoms with Crippen LogP contribution in [0.25, 0.3) is 0 Å². The van der Waals surface area contributed by atoms with E-state index in [-0.39, 0.29) is 5.91 Å². The molecule has 0 aliphatic rings. The molecule has 0 saturated carbocycles. The van der Waals surface area contributed by atoms with Gasteiger partial charge in [0.2, 0.25) is 0 Å². The van der Waals surface area contributed by atoms with Gasteiger partial charge in [0.1, 0.15) is 18.4 Å². The number of carbonyl (C=O) groups excluding carboxylic acids is 1. The first kappa shape index (κ1) is 32.0. The summed E-state index contributed by atoms with van der Waals surface area (Å²) in [6, 6.07) is 14.5. The second kappa shape index (κ2) is 20.3. The van der Waals surface area contributed by atoms with E-state index in [2.05, 4.69) is 32.8 Å². The van der Waals surface area contributed by atoms with Crippen LogP contribution in [0.2, 0.25) is 0 Å². The maximum Gasteiger partial charge on any atom is 0.270 e. The molecule has 3 aromatic rings. The van der Waals surface area contributed by atoms with Crippen LogP contribution in [0.5, 0.6) is 5.75 Å². The second-order valence-corrected chi connectivity index (χ2v) is 10.7. The Balaban J connectivity index is 1.18. The summed E-state index contributed by atoms with van der Waals surface area (Å²) in [6.07, 6.45) is 24.7. The summed E-state index contributed by atoms with van der Waals surface area (Å²) < 4.78 is 7.29. The molecule has 0 bridgehead atoms. The molecule has 1 N–H and O–H groups in total. The third-order valence-electron chi connectivity index (χ3n) is 7.16. The van der Waals surface area contributed by atoms with Crippen LogP contribution >= 0.6 is 0 Å². The average molecular weight is 561 g/mol. The van der Waals surface area contributed by atoms with Gasteiger partial charge in [-0.1, -0.05) is 103 Å². The molecule has 0 aliphatic heterocycles. The van der Waals surface area contributed by atoms with Crippen LogP contribution in [-0.2, 0) is 0 Å². The van der Waals surface area contributed by atoms with Gasteiger partial charge in [-0.15, -0.1) is 10.2 Å². The number of aromatic nitrogens is 3. The number of hydrogen-bond donors (Lipinski definition) is 1. The Morgan fingerprint density at radius 2 is 1.10 bits per heavy atom. The minimum atomic E-state index is -0.261. The molecule has 0 spiro atoms. The van der Waals surface area contributed by atoms with E-state index in [0.29, 0.717) is 11.3 Å². The Kier molecular flexibility index (Phi) is 15.9. The topological polar surface area (TPSA) is 93.8 Å². The van der Waals surface area contributed by atoms with Crippen molar-refractivity contribution in [3.63, 3.8) is 0 Å². The van der Waals surface area contributed by atoms with Crippen molar-refractivity contribution >= 4 is 17.3 Å². The number of amides is 1. The molecule has 2 aromatic carbocycles. The predicted molar refractivity (Wildman–Crippen MR) is 166 cm³/mol. The van der Waals surface area contributed by atoms with Crippen molar-refractivity contribution in [2.45, 2.75) is 110 Å². The Labute approximate surface area is 246 Å². The average Bonchev–Trinajstić information content (AvgIpc) is 3.51. The molecule has 222 valence electrons. The molecule has 0 atom stereocenters. The van der Waals surface area contributed by atoms with Crippen LogP contribution in [-0.4, -0.2) is 27.4 Å². The molecule has 1 aromatic heterocycles. The summed E-state index contributed by atoms with van der Waals surface area (Å²) in [5.74, 6) is 0.594. The largest absolute Gasteiger partial charge is 0.494 e. The fourth-order valence-corrected chi connectivity index (χ4v) is 4.68. The predicted octanol–water partition coefficient (Wildman–Crippen LogP) is 9.72. The number of nitrogens with one attached hydrogen (secondary N) is 1. The Morgan fingerprint density at radius 1 is 0.659 bits per heavy atom. The molecule has 3 rings (SSSR count). The number of hydrogen-bond acceptors (Lipinski definition) is 6. The van der Waals surface area contributed by atoms with Crippen molar-refractivity contribution < 1.29 is 9.53 Å². The lowest BCUT2D eigenvalue weighted by atomic mass is 10.0. The highest BCUT2D eigenvalue weighted by Crippen LogP contribution is 2.22. The first-order valence-corrected chi connectivity index (χ1v) is 15.7. The molecule has 0 aliphatic carbocycles. The van der Waals surface area contributed by atoms with E-state index in [0.717, 1.165) is 24.5 Å². The zero-order valence-corrected chi connectivity index (χ0v) is 24.8. The van der Waals surface area contributed by atoms with Crippen molar-refractivity contribution in [1.82, 2.24) is 14.9 Å². The van der Waals surface area contributed by atoms with Gasteiger partial charge in [-0.2, -0.15) is 10.2 Å². The number of nitrogens with zero attached hydrogens (tertiary/aromatic N) is 5. The van der Waals surface area contributed by atoms with E-state index in [1.807, 2.05) is 24.3 Å². The van der Waals surface area contributed by atoms with E-state index < -0.39 is 0 Å². The lowest BCUT2D eigenvalue weighted by molar-refractivity contribution is 0.101. The number of unbranched alkanes of at least 4 members (excludes halogenated alkanes) is 15. The maximum atomic E-state index is 12.2. The highest BCUT2D eigenvalue weighted by Gasteiger charge is 2.05. The van der Waals surface area contributed by atoms with Gasteiger partial charge < -0.3 is 4.74 Å². The number of azo groups is 1. The number of rotatable bonds is 22. The lowest BCUT2D eigenvalue weighted by Gasteiger charge is -2.06. The first-order chi connectivity index (χ1) is 20.2. The molecule has 41 heavy (non-hydrogen) atoms. The third kappa shape index (κ3) is 14.1. The van der Waals surface area contributed by atoms with Crippen molar-refractivity contribution in [1.29, 1.82) is 0 Å². The highest BCUT2D eigenvalue weighted by atomic mass is 16.5. The summed E-state index contributed by atoms with van der Waals surface area (Å²) in [5.41, 5.74) is 4.56. The van der Waals surface area contributed by atoms with Crippen molar-refractivity contribution in [2.24, 2.45) is 10.2 Å². The van der Waals surface area contributed by atoms with Gasteiger partial charge in [0.25, 0.3) is 5.91 Å². The fraction of sp³-hybridized carbons (Fsp3) is 0.545. The minimum Gasteiger partial charge on any atom is -0.494 e. The van der Waals surface area contributed by atoms with Gasteiger partial charge in [0.05, 0.1) is 18.0 Å². The normalized spacial score (nSPS) is 11.2. The molecule has 1 amide bonds. The molecular formula is C33H48N6O2. The van der Waals surface area contributed by atoms with Crippen LogP contribution in [0.15, 0.2) is 71.4 Å². The molecular weight excluding hydrogens is 512 g/mol. The second-order valence-electron chi connectivity index (χ2n) is 10.7. The van der Waals surface area contributed by atoms with Crippen LogP contribution < -0.4 is 10.2 Å². The quantitative estimate of drug-likeness (QED) is 0.0977. The smallest absolute Gasteiger partial charge is 0.270 e. The van der Waals surface area contributed by atoms with Gasteiger partial charge in [-0.3, -0.25) is 10.2 Å². The SMILES string of the molecule is CCCCCCCCCCCCCCCCCCOc1ccc(N=Nc2ccc(C(=O)Nn3cnnc3)cc2)cc1. The highest BCUT2D eigenvalue weighted by molar-refractivity contribution is 6.00. The molecule has 0 radical (unpaired) electrons. The van der Waals surface area contributed by atoms with Crippen molar-refractivity contribution in [3.05, 3.63) is 66.7 Å². The van der Waals surface area contributed by atoms with E-state index in [4.69, 9.17) is 4.74 Å². The van der Waals surface area contributed by atoms with Crippen molar-refractivity contribution in [3.8, 4) is 5.75 Å². The van der Waals surface area contributed by atoms with E-state index in [9.17, 15) is 4.79 Å². The van der Waals surface area contributed by atoms with E-state index >= 15 is 0 Å². The monoisotopic (exact) mass is 560 g/mol. The van der Waals surface area contributed by atoms with Gasteiger partial charge >= 0.3 is 0 Å².